The van der Waals surface area contributed by atoms with Crippen molar-refractivity contribution < 1.29 is 28.7 Å². The van der Waals surface area contributed by atoms with E-state index in [1.54, 1.807) is 30.5 Å². The smallest absolute Gasteiger partial charge is 0.328 e. The summed E-state index contributed by atoms with van der Waals surface area (Å²) in [5.41, 5.74) is 0.888. The number of rotatable bonds is 18. The highest BCUT2D eigenvalue weighted by atomic mass is 32.2. The number of esters is 2. The van der Waals surface area contributed by atoms with Crippen LogP contribution in [0.15, 0.2) is 30.3 Å². The minimum Gasteiger partial charge on any atom is -0.467 e. The van der Waals surface area contributed by atoms with Crippen LogP contribution in [0.2, 0.25) is 0 Å². The number of carbonyl (C=O) groups excluding carboxylic acids is 4. The molecule has 1 saturated heterocycles. The molecule has 0 bridgehead atoms. The predicted molar refractivity (Wildman–Crippen MR) is 158 cm³/mol. The number of methoxy groups -OCH3 is 1. The third-order valence-corrected chi connectivity index (χ3v) is 8.14. The SMILES string of the molecule is CCCCCCCSC[C@H](N[C@@H](C)C(=O)N1CCC[C@H]1C(=O)N[C@@H](Cc1ccccc1)C(=O)OC)C(=O)OCC. The summed E-state index contributed by atoms with van der Waals surface area (Å²) in [6.45, 7) is 6.36. The molecule has 1 fully saturated rings. The molecule has 1 aromatic rings. The van der Waals surface area contributed by atoms with Crippen LogP contribution in [0.4, 0.5) is 0 Å². The first-order chi connectivity index (χ1) is 19.3. The summed E-state index contributed by atoms with van der Waals surface area (Å²) in [6.07, 6.45) is 7.39. The number of thioether (sulfide) groups is 1. The molecule has 224 valence electrons. The van der Waals surface area contributed by atoms with E-state index in [4.69, 9.17) is 9.47 Å². The second kappa shape index (κ2) is 18.7. The Bertz CT molecular complexity index is 931. The fourth-order valence-corrected chi connectivity index (χ4v) is 5.86. The van der Waals surface area contributed by atoms with Crippen molar-refractivity contribution in [2.24, 2.45) is 0 Å². The van der Waals surface area contributed by atoms with E-state index >= 15 is 0 Å². The van der Waals surface area contributed by atoms with E-state index in [0.717, 1.165) is 17.7 Å². The van der Waals surface area contributed by atoms with E-state index in [1.165, 1.54) is 32.8 Å². The third-order valence-electron chi connectivity index (χ3n) is 6.99. The average Bonchev–Trinajstić information content (AvgIpc) is 3.45. The molecule has 2 N–H and O–H groups in total. The maximum absolute atomic E-state index is 13.5. The van der Waals surface area contributed by atoms with Crippen LogP contribution in [0, 0.1) is 0 Å². The number of carbonyl (C=O) groups is 4. The molecule has 2 rings (SSSR count). The number of nitrogens with one attached hydrogen (secondary N) is 2. The van der Waals surface area contributed by atoms with Crippen LogP contribution in [0.1, 0.15) is 71.3 Å². The lowest BCUT2D eigenvalue weighted by molar-refractivity contribution is -0.147. The fourth-order valence-electron chi connectivity index (χ4n) is 4.81. The molecule has 0 aromatic heterocycles. The molecule has 1 aliphatic rings. The first-order valence-corrected chi connectivity index (χ1v) is 15.7. The van der Waals surface area contributed by atoms with Crippen molar-refractivity contribution in [3.63, 3.8) is 0 Å². The molecule has 0 aliphatic carbocycles. The molecule has 1 aromatic carbocycles. The van der Waals surface area contributed by atoms with Crippen molar-refractivity contribution in [1.29, 1.82) is 0 Å². The number of benzene rings is 1. The van der Waals surface area contributed by atoms with Crippen LogP contribution in [-0.2, 0) is 35.1 Å². The van der Waals surface area contributed by atoms with E-state index in [1.807, 2.05) is 30.3 Å². The van der Waals surface area contributed by atoms with Crippen molar-refractivity contribution in [1.82, 2.24) is 15.5 Å². The second-order valence-corrected chi connectivity index (χ2v) is 11.3. The van der Waals surface area contributed by atoms with Crippen LogP contribution in [0.5, 0.6) is 0 Å². The van der Waals surface area contributed by atoms with Crippen LogP contribution in [0.3, 0.4) is 0 Å². The van der Waals surface area contributed by atoms with Gasteiger partial charge in [0.25, 0.3) is 0 Å². The van der Waals surface area contributed by atoms with Crippen LogP contribution in [0.25, 0.3) is 0 Å². The van der Waals surface area contributed by atoms with Gasteiger partial charge in [-0.15, -0.1) is 0 Å². The zero-order valence-corrected chi connectivity index (χ0v) is 25.3. The van der Waals surface area contributed by atoms with Crippen molar-refractivity contribution in [3.05, 3.63) is 35.9 Å². The first-order valence-electron chi connectivity index (χ1n) is 14.5. The van der Waals surface area contributed by atoms with E-state index < -0.39 is 30.1 Å². The summed E-state index contributed by atoms with van der Waals surface area (Å²) in [4.78, 5) is 53.3. The van der Waals surface area contributed by atoms with Gasteiger partial charge >= 0.3 is 11.9 Å². The lowest BCUT2D eigenvalue weighted by atomic mass is 10.1. The summed E-state index contributed by atoms with van der Waals surface area (Å²) in [5, 5.41) is 5.96. The Labute approximate surface area is 243 Å². The van der Waals surface area contributed by atoms with Gasteiger partial charge in [-0.25, -0.2) is 4.79 Å². The number of unbranched alkanes of at least 4 members (excludes halogenated alkanes) is 4. The largest absolute Gasteiger partial charge is 0.467 e. The monoisotopic (exact) mass is 577 g/mol. The van der Waals surface area contributed by atoms with Gasteiger partial charge < -0.3 is 19.7 Å². The number of amides is 2. The Morgan fingerprint density at radius 1 is 1.02 bits per heavy atom. The highest BCUT2D eigenvalue weighted by Gasteiger charge is 2.38. The summed E-state index contributed by atoms with van der Waals surface area (Å²) in [6, 6.07) is 6.51. The Morgan fingerprint density at radius 2 is 1.75 bits per heavy atom. The van der Waals surface area contributed by atoms with Gasteiger partial charge in [0.15, 0.2) is 0 Å². The summed E-state index contributed by atoms with van der Waals surface area (Å²) < 4.78 is 10.2. The quantitative estimate of drug-likeness (QED) is 0.201. The first kappa shape index (κ1) is 33.6. The third kappa shape index (κ3) is 11.1. The van der Waals surface area contributed by atoms with Crippen molar-refractivity contribution in [3.8, 4) is 0 Å². The number of nitrogens with zero attached hydrogens (tertiary/aromatic N) is 1. The van der Waals surface area contributed by atoms with E-state index in [2.05, 4.69) is 17.6 Å². The fraction of sp³-hybridized carbons (Fsp3) is 0.667. The van der Waals surface area contributed by atoms with Crippen molar-refractivity contribution in [2.75, 3.05) is 31.8 Å². The minimum atomic E-state index is -0.861. The predicted octanol–water partition coefficient (Wildman–Crippen LogP) is 3.49. The normalized spacial score (nSPS) is 17.1. The standard InChI is InChI=1S/C30H47N3O6S/c1-5-7-8-9-13-19-40-21-25(30(37)39-6-2)31-22(3)28(35)33-18-14-17-26(33)27(34)32-24(29(36)38-4)20-23-15-11-10-12-16-23/h10-12,15-16,22,24-26,31H,5-9,13-14,17-21H2,1-4H3,(H,32,34)/t22-,24-,25-,26-/m0/s1. The van der Waals surface area contributed by atoms with Crippen LogP contribution < -0.4 is 10.6 Å². The van der Waals surface area contributed by atoms with Crippen molar-refractivity contribution in [2.45, 2.75) is 96.3 Å². The molecule has 0 saturated carbocycles. The highest BCUT2D eigenvalue weighted by molar-refractivity contribution is 7.99. The molecule has 9 nitrogen and oxygen atoms in total. The van der Waals surface area contributed by atoms with Gasteiger partial charge in [0.05, 0.1) is 19.8 Å². The lowest BCUT2D eigenvalue weighted by Gasteiger charge is -2.29. The van der Waals surface area contributed by atoms with Gasteiger partial charge in [-0.05, 0) is 44.4 Å². The Balaban J connectivity index is 1.98. The number of hydrogen-bond donors (Lipinski definition) is 2. The molecule has 1 heterocycles. The molecule has 2 amide bonds. The average molecular weight is 578 g/mol. The van der Waals surface area contributed by atoms with Gasteiger partial charge in [-0.1, -0.05) is 62.9 Å². The number of likely N-dealkylation sites (tertiary alicyclic amines) is 1. The zero-order chi connectivity index (χ0) is 29.3. The Hall–Kier alpha value is -2.59. The van der Waals surface area contributed by atoms with Gasteiger partial charge in [-0.2, -0.15) is 11.8 Å². The summed E-state index contributed by atoms with van der Waals surface area (Å²) >= 11 is 1.68. The van der Waals surface area contributed by atoms with Gasteiger partial charge in [0.2, 0.25) is 11.8 Å². The molecule has 10 heteroatoms. The number of hydrogen-bond acceptors (Lipinski definition) is 8. The van der Waals surface area contributed by atoms with Crippen LogP contribution >= 0.6 is 11.8 Å². The van der Waals surface area contributed by atoms with Gasteiger partial charge in [0, 0.05) is 18.7 Å². The van der Waals surface area contributed by atoms with Crippen LogP contribution in [-0.4, -0.2) is 84.6 Å². The minimum absolute atomic E-state index is 0.255. The summed E-state index contributed by atoms with van der Waals surface area (Å²) in [7, 11) is 1.29. The summed E-state index contributed by atoms with van der Waals surface area (Å²) in [5.74, 6) is -0.0999. The highest BCUT2D eigenvalue weighted by Crippen LogP contribution is 2.20. The van der Waals surface area contributed by atoms with Gasteiger partial charge in [0.1, 0.15) is 18.1 Å². The molecule has 0 radical (unpaired) electrons. The maximum Gasteiger partial charge on any atom is 0.328 e. The van der Waals surface area contributed by atoms with Crippen molar-refractivity contribution >= 4 is 35.5 Å². The van der Waals surface area contributed by atoms with E-state index in [-0.39, 0.29) is 30.8 Å². The van der Waals surface area contributed by atoms with E-state index in [0.29, 0.717) is 25.1 Å². The molecule has 0 unspecified atom stereocenters. The molecule has 4 atom stereocenters. The van der Waals surface area contributed by atoms with Gasteiger partial charge in [-0.3, -0.25) is 19.7 Å². The van der Waals surface area contributed by atoms with E-state index in [9.17, 15) is 19.2 Å². The molecular weight excluding hydrogens is 530 g/mol. The number of ether oxygens (including phenoxy) is 2. The molecule has 0 spiro atoms. The zero-order valence-electron chi connectivity index (χ0n) is 24.5. The molecule has 1 aliphatic heterocycles. The Kier molecular flexibility index (Phi) is 15.7. The Morgan fingerprint density at radius 3 is 2.42 bits per heavy atom. The maximum atomic E-state index is 13.5. The lowest BCUT2D eigenvalue weighted by Crippen LogP contribution is -2.56. The second-order valence-electron chi connectivity index (χ2n) is 10.1. The molecule has 40 heavy (non-hydrogen) atoms. The molecular formula is C30H47N3O6S. The topological polar surface area (TPSA) is 114 Å².